The van der Waals surface area contributed by atoms with E-state index in [1.54, 1.807) is 0 Å². The molecule has 1 aromatic rings. The highest BCUT2D eigenvalue weighted by Crippen LogP contribution is 2.49. The molecule has 0 amide bonds. The Morgan fingerprint density at radius 2 is 2.21 bits per heavy atom. The van der Waals surface area contributed by atoms with Crippen molar-refractivity contribution in [1.29, 1.82) is 5.26 Å². The van der Waals surface area contributed by atoms with Crippen molar-refractivity contribution in [3.8, 4) is 6.07 Å². The summed E-state index contributed by atoms with van der Waals surface area (Å²) in [7, 11) is 0. The minimum absolute atomic E-state index is 0.321. The first-order chi connectivity index (χ1) is 6.70. The van der Waals surface area contributed by atoms with E-state index >= 15 is 0 Å². The van der Waals surface area contributed by atoms with E-state index in [4.69, 9.17) is 11.6 Å². The van der Waals surface area contributed by atoms with Gasteiger partial charge in [-0.05, 0) is 30.4 Å². The van der Waals surface area contributed by atoms with Crippen molar-refractivity contribution in [3.05, 3.63) is 34.9 Å². The first kappa shape index (κ1) is 9.55. The highest BCUT2D eigenvalue weighted by Gasteiger charge is 2.46. The predicted octanol–water partition coefficient (Wildman–Crippen LogP) is 3.53. The van der Waals surface area contributed by atoms with E-state index in [2.05, 4.69) is 13.0 Å². The molecular formula is C12H12ClN. The lowest BCUT2D eigenvalue weighted by molar-refractivity contribution is 0.201. The molecule has 0 aromatic heterocycles. The summed E-state index contributed by atoms with van der Waals surface area (Å²) in [5.41, 5.74) is 0.682. The fraction of sp³-hybridized carbons (Fsp3) is 0.417. The van der Waals surface area contributed by atoms with Crippen molar-refractivity contribution in [3.63, 3.8) is 0 Å². The van der Waals surface area contributed by atoms with Gasteiger partial charge in [0.1, 0.15) is 0 Å². The van der Waals surface area contributed by atoms with Crippen LogP contribution in [0.3, 0.4) is 0 Å². The molecule has 14 heavy (non-hydrogen) atoms. The molecular weight excluding hydrogens is 194 g/mol. The SMILES string of the molecule is CC1CCC1(C#N)c1ccccc1Cl. The zero-order chi connectivity index (χ0) is 10.2. The van der Waals surface area contributed by atoms with Crippen LogP contribution < -0.4 is 0 Å². The van der Waals surface area contributed by atoms with Crippen LogP contribution in [0.25, 0.3) is 0 Å². The Labute approximate surface area is 89.3 Å². The Hall–Kier alpha value is -1.00. The van der Waals surface area contributed by atoms with Gasteiger partial charge in [0.05, 0.1) is 11.5 Å². The molecule has 2 atom stereocenters. The molecule has 0 bridgehead atoms. The summed E-state index contributed by atoms with van der Waals surface area (Å²) in [4.78, 5) is 0. The Kier molecular flexibility index (Phi) is 2.25. The minimum Gasteiger partial charge on any atom is -0.197 e. The van der Waals surface area contributed by atoms with Gasteiger partial charge in [-0.3, -0.25) is 0 Å². The Morgan fingerprint density at radius 1 is 1.50 bits per heavy atom. The number of halogens is 1. The zero-order valence-corrected chi connectivity index (χ0v) is 8.88. The third-order valence-corrected chi connectivity index (χ3v) is 3.70. The molecule has 0 heterocycles. The molecule has 0 aliphatic heterocycles. The van der Waals surface area contributed by atoms with Crippen LogP contribution in [-0.4, -0.2) is 0 Å². The molecule has 1 aromatic carbocycles. The average molecular weight is 206 g/mol. The highest BCUT2D eigenvalue weighted by atomic mass is 35.5. The van der Waals surface area contributed by atoms with E-state index in [0.29, 0.717) is 5.92 Å². The van der Waals surface area contributed by atoms with Crippen molar-refractivity contribution in [2.75, 3.05) is 0 Å². The van der Waals surface area contributed by atoms with Gasteiger partial charge in [-0.1, -0.05) is 36.7 Å². The summed E-state index contributed by atoms with van der Waals surface area (Å²) in [5, 5.41) is 10.00. The lowest BCUT2D eigenvalue weighted by atomic mass is 9.58. The van der Waals surface area contributed by atoms with Crippen LogP contribution in [-0.2, 0) is 5.41 Å². The number of benzene rings is 1. The molecule has 0 saturated heterocycles. The van der Waals surface area contributed by atoms with Gasteiger partial charge < -0.3 is 0 Å². The van der Waals surface area contributed by atoms with E-state index in [1.807, 2.05) is 24.3 Å². The molecule has 0 spiro atoms. The summed E-state index contributed by atoms with van der Waals surface area (Å²) < 4.78 is 0. The van der Waals surface area contributed by atoms with Crippen LogP contribution in [0, 0.1) is 17.2 Å². The fourth-order valence-corrected chi connectivity index (χ4v) is 2.48. The van der Waals surface area contributed by atoms with Crippen molar-refractivity contribution < 1.29 is 0 Å². The molecule has 1 aliphatic carbocycles. The lowest BCUT2D eigenvalue weighted by Gasteiger charge is -2.43. The van der Waals surface area contributed by atoms with Crippen LogP contribution >= 0.6 is 11.6 Å². The number of hydrogen-bond acceptors (Lipinski definition) is 1. The third-order valence-electron chi connectivity index (χ3n) is 3.37. The zero-order valence-electron chi connectivity index (χ0n) is 8.13. The van der Waals surface area contributed by atoms with Gasteiger partial charge in [0.2, 0.25) is 0 Å². The molecule has 0 radical (unpaired) electrons. The van der Waals surface area contributed by atoms with Gasteiger partial charge in [0, 0.05) is 5.02 Å². The quantitative estimate of drug-likeness (QED) is 0.688. The maximum atomic E-state index is 9.28. The number of nitriles is 1. The van der Waals surface area contributed by atoms with Crippen molar-refractivity contribution in [1.82, 2.24) is 0 Å². The topological polar surface area (TPSA) is 23.8 Å². The number of rotatable bonds is 1. The van der Waals surface area contributed by atoms with Crippen molar-refractivity contribution >= 4 is 11.6 Å². The van der Waals surface area contributed by atoms with E-state index in [0.717, 1.165) is 23.4 Å². The molecule has 0 N–H and O–H groups in total. The van der Waals surface area contributed by atoms with Crippen molar-refractivity contribution in [2.24, 2.45) is 5.92 Å². The summed E-state index contributed by atoms with van der Waals surface area (Å²) >= 11 is 6.11. The van der Waals surface area contributed by atoms with E-state index in [9.17, 15) is 5.26 Å². The average Bonchev–Trinajstić information content (AvgIpc) is 2.20. The molecule has 1 aliphatic rings. The Balaban J connectivity index is 2.49. The van der Waals surface area contributed by atoms with Crippen LogP contribution in [0.15, 0.2) is 24.3 Å². The first-order valence-corrected chi connectivity index (χ1v) is 5.25. The Bertz CT molecular complexity index is 394. The summed E-state index contributed by atoms with van der Waals surface area (Å²) in [5.74, 6) is 0.424. The molecule has 2 unspecified atom stereocenters. The van der Waals surface area contributed by atoms with Gasteiger partial charge in [0.25, 0.3) is 0 Å². The minimum atomic E-state index is -0.321. The molecule has 1 fully saturated rings. The Morgan fingerprint density at radius 3 is 2.64 bits per heavy atom. The van der Waals surface area contributed by atoms with Gasteiger partial charge >= 0.3 is 0 Å². The summed E-state index contributed by atoms with van der Waals surface area (Å²) in [6.45, 7) is 2.12. The second-order valence-corrected chi connectivity index (χ2v) is 4.41. The maximum absolute atomic E-state index is 9.28. The summed E-state index contributed by atoms with van der Waals surface area (Å²) in [6.07, 6.45) is 2.06. The van der Waals surface area contributed by atoms with Gasteiger partial charge in [-0.2, -0.15) is 5.26 Å². The van der Waals surface area contributed by atoms with E-state index < -0.39 is 0 Å². The lowest BCUT2D eigenvalue weighted by Crippen LogP contribution is -2.41. The number of nitrogens with zero attached hydrogens (tertiary/aromatic N) is 1. The summed E-state index contributed by atoms with van der Waals surface area (Å²) in [6, 6.07) is 10.1. The van der Waals surface area contributed by atoms with E-state index in [-0.39, 0.29) is 5.41 Å². The fourth-order valence-electron chi connectivity index (χ4n) is 2.17. The van der Waals surface area contributed by atoms with Crippen LogP contribution in [0.5, 0.6) is 0 Å². The second-order valence-electron chi connectivity index (χ2n) is 4.00. The molecule has 1 saturated carbocycles. The normalized spacial score (nSPS) is 30.5. The van der Waals surface area contributed by atoms with Crippen LogP contribution in [0.2, 0.25) is 5.02 Å². The van der Waals surface area contributed by atoms with Gasteiger partial charge in [0.15, 0.2) is 0 Å². The first-order valence-electron chi connectivity index (χ1n) is 4.87. The predicted molar refractivity (Wildman–Crippen MR) is 57.1 cm³/mol. The maximum Gasteiger partial charge on any atom is 0.0862 e. The van der Waals surface area contributed by atoms with E-state index in [1.165, 1.54) is 0 Å². The standard InChI is InChI=1S/C12H12ClN/c1-9-6-7-12(9,8-14)10-4-2-3-5-11(10)13/h2-5,9H,6-7H2,1H3. The smallest absolute Gasteiger partial charge is 0.0862 e. The third kappa shape index (κ3) is 1.14. The monoisotopic (exact) mass is 205 g/mol. The van der Waals surface area contributed by atoms with Crippen LogP contribution in [0.1, 0.15) is 25.3 Å². The molecule has 2 heteroatoms. The molecule has 2 rings (SSSR count). The van der Waals surface area contributed by atoms with Gasteiger partial charge in [-0.15, -0.1) is 0 Å². The molecule has 1 nitrogen and oxygen atoms in total. The molecule has 72 valence electrons. The van der Waals surface area contributed by atoms with Gasteiger partial charge in [-0.25, -0.2) is 0 Å². The van der Waals surface area contributed by atoms with Crippen LogP contribution in [0.4, 0.5) is 0 Å². The number of hydrogen-bond donors (Lipinski definition) is 0. The largest absolute Gasteiger partial charge is 0.197 e. The highest BCUT2D eigenvalue weighted by molar-refractivity contribution is 6.31. The second kappa shape index (κ2) is 3.29. The van der Waals surface area contributed by atoms with Crippen molar-refractivity contribution in [2.45, 2.75) is 25.2 Å².